The third-order valence-corrected chi connectivity index (χ3v) is 4.76. The molecule has 0 bridgehead atoms. The number of aromatic nitrogens is 2. The lowest BCUT2D eigenvalue weighted by molar-refractivity contribution is -0.118. The van der Waals surface area contributed by atoms with Crippen molar-refractivity contribution >= 4 is 23.2 Å². The zero-order valence-corrected chi connectivity index (χ0v) is 13.7. The van der Waals surface area contributed by atoms with Crippen LogP contribution >= 0.6 is 11.6 Å². The van der Waals surface area contributed by atoms with Crippen LogP contribution < -0.4 is 5.32 Å². The summed E-state index contributed by atoms with van der Waals surface area (Å²) in [7, 11) is 0. The monoisotopic (exact) mass is 337 g/mol. The van der Waals surface area contributed by atoms with Gasteiger partial charge in [-0.25, -0.2) is 4.98 Å². The molecule has 0 spiro atoms. The van der Waals surface area contributed by atoms with E-state index >= 15 is 0 Å². The van der Waals surface area contributed by atoms with Crippen molar-refractivity contribution in [3.05, 3.63) is 77.8 Å². The summed E-state index contributed by atoms with van der Waals surface area (Å²) in [4.78, 5) is 16.8. The van der Waals surface area contributed by atoms with Crippen molar-refractivity contribution in [2.24, 2.45) is 0 Å². The van der Waals surface area contributed by atoms with Crippen LogP contribution in [0.25, 0.3) is 5.69 Å². The quantitative estimate of drug-likeness (QED) is 0.775. The van der Waals surface area contributed by atoms with Gasteiger partial charge in [-0.3, -0.25) is 4.79 Å². The number of hydrogen-bond donors (Lipinski definition) is 1. The van der Waals surface area contributed by atoms with E-state index in [0.717, 1.165) is 29.8 Å². The number of carbonyl (C=O) groups is 1. The van der Waals surface area contributed by atoms with Gasteiger partial charge in [-0.05, 0) is 54.8 Å². The van der Waals surface area contributed by atoms with E-state index in [1.54, 1.807) is 12.5 Å². The summed E-state index contributed by atoms with van der Waals surface area (Å²) < 4.78 is 1.92. The molecular formula is C19H16ClN3O. The number of imidazole rings is 1. The summed E-state index contributed by atoms with van der Waals surface area (Å²) >= 11 is 5.94. The van der Waals surface area contributed by atoms with Crippen molar-refractivity contribution in [3.8, 4) is 5.69 Å². The van der Waals surface area contributed by atoms with Crippen LogP contribution in [-0.4, -0.2) is 15.5 Å². The highest BCUT2D eigenvalue weighted by Gasteiger charge is 2.51. The molecule has 0 unspecified atom stereocenters. The molecule has 0 aliphatic heterocycles. The molecule has 4 nitrogen and oxygen atoms in total. The summed E-state index contributed by atoms with van der Waals surface area (Å²) in [5, 5.41) is 3.72. The second kappa shape index (κ2) is 5.80. The fourth-order valence-electron chi connectivity index (χ4n) is 2.92. The molecule has 1 aromatic heterocycles. The van der Waals surface area contributed by atoms with Crippen LogP contribution in [-0.2, 0) is 10.2 Å². The Morgan fingerprint density at radius 1 is 1.08 bits per heavy atom. The number of carbonyl (C=O) groups excluding carboxylic acids is 1. The van der Waals surface area contributed by atoms with E-state index in [1.807, 2.05) is 59.3 Å². The second-order valence-electron chi connectivity index (χ2n) is 6.06. The minimum absolute atomic E-state index is 0.0419. The van der Waals surface area contributed by atoms with E-state index in [2.05, 4.69) is 10.3 Å². The van der Waals surface area contributed by atoms with Gasteiger partial charge in [0.25, 0.3) is 0 Å². The average molecular weight is 338 g/mol. The first-order valence-electron chi connectivity index (χ1n) is 7.83. The molecule has 5 heteroatoms. The molecule has 1 aliphatic carbocycles. The first-order chi connectivity index (χ1) is 11.7. The fourth-order valence-corrected chi connectivity index (χ4v) is 3.05. The first kappa shape index (κ1) is 15.0. The van der Waals surface area contributed by atoms with Gasteiger partial charge in [-0.15, -0.1) is 0 Å². The van der Waals surface area contributed by atoms with E-state index < -0.39 is 5.41 Å². The van der Waals surface area contributed by atoms with Crippen LogP contribution in [0, 0.1) is 0 Å². The van der Waals surface area contributed by atoms with Crippen LogP contribution in [0.15, 0.2) is 67.3 Å². The van der Waals surface area contributed by atoms with Crippen molar-refractivity contribution in [2.45, 2.75) is 18.3 Å². The Morgan fingerprint density at radius 3 is 2.38 bits per heavy atom. The first-order valence-corrected chi connectivity index (χ1v) is 8.21. The van der Waals surface area contributed by atoms with E-state index in [1.165, 1.54) is 0 Å². The Morgan fingerprint density at radius 2 is 1.79 bits per heavy atom. The van der Waals surface area contributed by atoms with Gasteiger partial charge in [0.05, 0.1) is 11.7 Å². The van der Waals surface area contributed by atoms with Crippen molar-refractivity contribution in [3.63, 3.8) is 0 Å². The lowest BCUT2D eigenvalue weighted by atomic mass is 9.95. The Hall–Kier alpha value is -2.59. The summed E-state index contributed by atoms with van der Waals surface area (Å²) in [6, 6.07) is 15.3. The van der Waals surface area contributed by atoms with Gasteiger partial charge in [0.2, 0.25) is 5.91 Å². The van der Waals surface area contributed by atoms with Crippen LogP contribution in [0.1, 0.15) is 18.4 Å². The van der Waals surface area contributed by atoms with E-state index in [0.29, 0.717) is 5.02 Å². The number of nitrogens with zero attached hydrogens (tertiary/aromatic N) is 2. The van der Waals surface area contributed by atoms with Crippen LogP contribution in [0.5, 0.6) is 0 Å². The molecule has 1 amide bonds. The molecule has 4 rings (SSSR count). The molecule has 120 valence electrons. The summed E-state index contributed by atoms with van der Waals surface area (Å²) in [6.45, 7) is 0. The highest BCUT2D eigenvalue weighted by Crippen LogP contribution is 2.49. The van der Waals surface area contributed by atoms with Gasteiger partial charge in [0.15, 0.2) is 0 Å². The van der Waals surface area contributed by atoms with Gasteiger partial charge in [-0.1, -0.05) is 23.7 Å². The molecule has 2 aromatic carbocycles. The van der Waals surface area contributed by atoms with Crippen LogP contribution in [0.4, 0.5) is 5.69 Å². The van der Waals surface area contributed by atoms with Gasteiger partial charge in [0, 0.05) is 28.8 Å². The van der Waals surface area contributed by atoms with E-state index in [4.69, 9.17) is 11.6 Å². The molecule has 0 atom stereocenters. The van der Waals surface area contributed by atoms with Crippen molar-refractivity contribution in [1.29, 1.82) is 0 Å². The Bertz CT molecular complexity index is 851. The standard InChI is InChI=1S/C19H16ClN3O/c20-15-3-1-14(2-4-15)19(9-10-19)18(24)22-16-5-7-17(8-6-16)23-12-11-21-13-23/h1-8,11-13H,9-10H2,(H,22,24). The highest BCUT2D eigenvalue weighted by molar-refractivity contribution is 6.30. The maximum Gasteiger partial charge on any atom is 0.235 e. The molecule has 3 aromatic rings. The Balaban J connectivity index is 1.51. The summed E-state index contributed by atoms with van der Waals surface area (Å²) in [5.74, 6) is 0.0419. The third-order valence-electron chi connectivity index (χ3n) is 4.51. The molecule has 0 radical (unpaired) electrons. The lowest BCUT2D eigenvalue weighted by Crippen LogP contribution is -2.27. The molecule has 1 heterocycles. The predicted molar refractivity (Wildman–Crippen MR) is 94.6 cm³/mol. The maximum atomic E-state index is 12.7. The maximum absolute atomic E-state index is 12.7. The van der Waals surface area contributed by atoms with Gasteiger partial charge < -0.3 is 9.88 Å². The third kappa shape index (κ3) is 2.69. The molecule has 0 saturated heterocycles. The largest absolute Gasteiger partial charge is 0.325 e. The minimum Gasteiger partial charge on any atom is -0.325 e. The topological polar surface area (TPSA) is 46.9 Å². The Labute approximate surface area is 145 Å². The smallest absolute Gasteiger partial charge is 0.235 e. The number of amides is 1. The molecule has 1 N–H and O–H groups in total. The number of nitrogens with one attached hydrogen (secondary N) is 1. The molecule has 1 aliphatic rings. The second-order valence-corrected chi connectivity index (χ2v) is 6.50. The van der Waals surface area contributed by atoms with Gasteiger partial charge in [0.1, 0.15) is 0 Å². The number of hydrogen-bond acceptors (Lipinski definition) is 2. The summed E-state index contributed by atoms with van der Waals surface area (Å²) in [6.07, 6.45) is 7.10. The summed E-state index contributed by atoms with van der Waals surface area (Å²) in [5.41, 5.74) is 2.42. The SMILES string of the molecule is O=C(Nc1ccc(-n2ccnc2)cc1)C1(c2ccc(Cl)cc2)CC1. The zero-order chi connectivity index (χ0) is 16.6. The fraction of sp³-hybridized carbons (Fsp3) is 0.158. The highest BCUT2D eigenvalue weighted by atomic mass is 35.5. The van der Waals surface area contributed by atoms with E-state index in [-0.39, 0.29) is 5.91 Å². The molecule has 1 fully saturated rings. The predicted octanol–water partition coefficient (Wildman–Crippen LogP) is 4.20. The van der Waals surface area contributed by atoms with Crippen molar-refractivity contribution in [2.75, 3.05) is 5.32 Å². The van der Waals surface area contributed by atoms with Crippen molar-refractivity contribution in [1.82, 2.24) is 9.55 Å². The zero-order valence-electron chi connectivity index (χ0n) is 12.9. The lowest BCUT2D eigenvalue weighted by Gasteiger charge is -2.16. The van der Waals surface area contributed by atoms with Crippen molar-refractivity contribution < 1.29 is 4.79 Å². The molecular weight excluding hydrogens is 322 g/mol. The van der Waals surface area contributed by atoms with Crippen LogP contribution in [0.3, 0.4) is 0 Å². The normalized spacial score (nSPS) is 15.0. The van der Waals surface area contributed by atoms with E-state index in [9.17, 15) is 4.79 Å². The van der Waals surface area contributed by atoms with Gasteiger partial charge in [-0.2, -0.15) is 0 Å². The number of rotatable bonds is 4. The van der Waals surface area contributed by atoms with Crippen LogP contribution in [0.2, 0.25) is 5.02 Å². The average Bonchev–Trinajstić information content (AvgIpc) is 3.23. The number of anilines is 1. The minimum atomic E-state index is -0.409. The van der Waals surface area contributed by atoms with Gasteiger partial charge >= 0.3 is 0 Å². The molecule has 24 heavy (non-hydrogen) atoms. The molecule has 1 saturated carbocycles. The number of benzene rings is 2. The number of halogens is 1. The Kier molecular flexibility index (Phi) is 3.62.